The van der Waals surface area contributed by atoms with Crippen LogP contribution < -0.4 is 27.4 Å². The van der Waals surface area contributed by atoms with Gasteiger partial charge in [-0.1, -0.05) is 18.2 Å². The number of carbonyl (C=O) groups is 5. The number of aliphatic carboxylic acids is 1. The van der Waals surface area contributed by atoms with Crippen LogP contribution in [0.3, 0.4) is 0 Å². The molecule has 178 valence electrons. The summed E-state index contributed by atoms with van der Waals surface area (Å²) in [6.45, 7) is -0.513. The molecular formula is C20H26N6O6S. The summed E-state index contributed by atoms with van der Waals surface area (Å²) in [7, 11) is 0. The van der Waals surface area contributed by atoms with Gasteiger partial charge in [-0.25, -0.2) is 4.79 Å². The number of carboxylic acid groups (broad SMARTS) is 1. The van der Waals surface area contributed by atoms with Gasteiger partial charge in [-0.2, -0.15) is 12.6 Å². The van der Waals surface area contributed by atoms with E-state index < -0.39 is 60.7 Å². The summed E-state index contributed by atoms with van der Waals surface area (Å²) < 4.78 is 0. The number of hydrogen-bond acceptors (Lipinski definition) is 7. The van der Waals surface area contributed by atoms with Gasteiger partial charge in [-0.3, -0.25) is 19.2 Å². The number of nitrogens with two attached hydrogens (primary N) is 2. The fourth-order valence-corrected chi connectivity index (χ4v) is 3.20. The lowest BCUT2D eigenvalue weighted by molar-refractivity contribution is -0.142. The van der Waals surface area contributed by atoms with Gasteiger partial charge in [0.05, 0.1) is 19.0 Å². The molecule has 0 bridgehead atoms. The van der Waals surface area contributed by atoms with Gasteiger partial charge in [0.25, 0.3) is 0 Å². The predicted octanol–water partition coefficient (Wildman–Crippen LogP) is -1.99. The molecule has 0 aliphatic carbocycles. The topological polar surface area (TPSA) is 209 Å². The van der Waals surface area contributed by atoms with Gasteiger partial charge < -0.3 is 37.5 Å². The normalized spacial score (nSPS) is 13.5. The van der Waals surface area contributed by atoms with Gasteiger partial charge in [-0.05, 0) is 11.6 Å². The minimum Gasteiger partial charge on any atom is -0.480 e. The van der Waals surface area contributed by atoms with E-state index in [0.717, 1.165) is 10.9 Å². The van der Waals surface area contributed by atoms with E-state index in [2.05, 4.69) is 33.6 Å². The molecule has 3 atom stereocenters. The second kappa shape index (κ2) is 11.9. The predicted molar refractivity (Wildman–Crippen MR) is 122 cm³/mol. The molecule has 1 aromatic heterocycles. The maximum Gasteiger partial charge on any atom is 0.326 e. The zero-order chi connectivity index (χ0) is 24.5. The number of nitrogens with one attached hydrogen (secondary N) is 4. The van der Waals surface area contributed by atoms with Crippen molar-refractivity contribution in [3.8, 4) is 0 Å². The molecule has 3 unspecified atom stereocenters. The minimum atomic E-state index is -1.43. The molecule has 0 radical (unpaired) electrons. The lowest BCUT2D eigenvalue weighted by Gasteiger charge is -2.21. The quantitative estimate of drug-likeness (QED) is 0.161. The number of carboxylic acids is 1. The lowest BCUT2D eigenvalue weighted by Crippen LogP contribution is -2.55. The van der Waals surface area contributed by atoms with Crippen molar-refractivity contribution in [3.63, 3.8) is 0 Å². The number of aromatic amines is 1. The monoisotopic (exact) mass is 478 g/mol. The lowest BCUT2D eigenvalue weighted by atomic mass is 10.0. The summed E-state index contributed by atoms with van der Waals surface area (Å²) in [5, 5.41) is 17.3. The summed E-state index contributed by atoms with van der Waals surface area (Å²) in [6, 6.07) is 3.57. The number of aromatic nitrogens is 1. The van der Waals surface area contributed by atoms with E-state index in [0.29, 0.717) is 5.56 Å². The maximum atomic E-state index is 12.7. The van der Waals surface area contributed by atoms with Crippen LogP contribution in [-0.2, 0) is 30.4 Å². The third kappa shape index (κ3) is 7.50. The van der Waals surface area contributed by atoms with Crippen LogP contribution in [-0.4, -0.2) is 70.1 Å². The molecule has 33 heavy (non-hydrogen) atoms. The molecule has 0 saturated carbocycles. The molecule has 2 rings (SSSR count). The fourth-order valence-electron chi connectivity index (χ4n) is 3.03. The van der Waals surface area contributed by atoms with Gasteiger partial charge >= 0.3 is 5.97 Å². The second-order valence-electron chi connectivity index (χ2n) is 7.26. The van der Waals surface area contributed by atoms with Gasteiger partial charge in [0.15, 0.2) is 0 Å². The van der Waals surface area contributed by atoms with Crippen molar-refractivity contribution in [2.75, 3.05) is 12.3 Å². The smallest absolute Gasteiger partial charge is 0.326 e. The summed E-state index contributed by atoms with van der Waals surface area (Å²) in [4.78, 5) is 62.7. The van der Waals surface area contributed by atoms with E-state index in [4.69, 9.17) is 11.5 Å². The molecule has 0 spiro atoms. The molecule has 0 aliphatic heterocycles. The number of fused-ring (bicyclic) bond motifs is 1. The Morgan fingerprint density at radius 2 is 1.76 bits per heavy atom. The van der Waals surface area contributed by atoms with Crippen LogP contribution in [0.5, 0.6) is 0 Å². The minimum absolute atomic E-state index is 0.0417. The summed E-state index contributed by atoms with van der Waals surface area (Å²) in [6.07, 6.45) is 1.04. The Hall–Kier alpha value is -3.58. The van der Waals surface area contributed by atoms with Crippen molar-refractivity contribution in [1.82, 2.24) is 20.9 Å². The SMILES string of the molecule is NC(=O)CC(NC(=O)CNC(=O)C(N)CS)C(=O)NC(Cc1c[nH]c2ccccc12)C(=O)O. The third-order valence-corrected chi connectivity index (χ3v) is 5.12. The van der Waals surface area contributed by atoms with Crippen LogP contribution in [0.25, 0.3) is 10.9 Å². The van der Waals surface area contributed by atoms with Crippen molar-refractivity contribution in [2.45, 2.75) is 31.0 Å². The van der Waals surface area contributed by atoms with Crippen LogP contribution in [0.4, 0.5) is 0 Å². The Balaban J connectivity index is 2.06. The van der Waals surface area contributed by atoms with E-state index in [1.165, 1.54) is 0 Å². The Morgan fingerprint density at radius 3 is 2.39 bits per heavy atom. The van der Waals surface area contributed by atoms with Crippen LogP contribution in [0, 0.1) is 0 Å². The number of rotatable bonds is 12. The number of hydrogen-bond donors (Lipinski definition) is 8. The van der Waals surface area contributed by atoms with Gasteiger partial charge in [0.1, 0.15) is 12.1 Å². The summed E-state index contributed by atoms with van der Waals surface area (Å²) in [5.41, 5.74) is 12.1. The zero-order valence-electron chi connectivity index (χ0n) is 17.5. The zero-order valence-corrected chi connectivity index (χ0v) is 18.4. The number of benzene rings is 1. The van der Waals surface area contributed by atoms with Crippen LogP contribution in [0.15, 0.2) is 30.5 Å². The van der Waals surface area contributed by atoms with Gasteiger partial charge in [0.2, 0.25) is 23.6 Å². The first-order valence-corrected chi connectivity index (χ1v) is 10.6. The molecule has 12 nitrogen and oxygen atoms in total. The average Bonchev–Trinajstić information content (AvgIpc) is 3.18. The van der Waals surface area contributed by atoms with Crippen molar-refractivity contribution >= 4 is 53.1 Å². The first-order valence-electron chi connectivity index (χ1n) is 9.92. The number of para-hydroxylation sites is 1. The number of thiol groups is 1. The average molecular weight is 479 g/mol. The number of carbonyl (C=O) groups excluding carboxylic acids is 4. The van der Waals surface area contributed by atoms with E-state index in [1.54, 1.807) is 12.3 Å². The number of amides is 4. The Kier molecular flexibility index (Phi) is 9.24. The third-order valence-electron chi connectivity index (χ3n) is 4.73. The summed E-state index contributed by atoms with van der Waals surface area (Å²) >= 11 is 3.88. The standard InChI is InChI=1S/C20H26N6O6S/c21-12(9-33)18(29)24-8-17(28)25-14(6-16(22)27)19(30)26-15(20(31)32)5-10-7-23-13-4-2-1-3-11(10)13/h1-4,7,12,14-15,23,33H,5-6,8-9,21H2,(H2,22,27)(H,24,29)(H,25,28)(H,26,30)(H,31,32). The molecule has 9 N–H and O–H groups in total. The van der Waals surface area contributed by atoms with E-state index in [1.807, 2.05) is 18.2 Å². The first kappa shape index (κ1) is 25.7. The maximum absolute atomic E-state index is 12.7. The molecule has 2 aromatic rings. The molecule has 0 fully saturated rings. The van der Waals surface area contributed by atoms with Gasteiger partial charge in [0, 0.05) is 29.3 Å². The van der Waals surface area contributed by atoms with Gasteiger partial charge in [-0.15, -0.1) is 0 Å². The highest BCUT2D eigenvalue weighted by molar-refractivity contribution is 7.80. The molecule has 1 aromatic carbocycles. The van der Waals surface area contributed by atoms with E-state index >= 15 is 0 Å². The highest BCUT2D eigenvalue weighted by Gasteiger charge is 2.28. The molecule has 1 heterocycles. The van der Waals surface area contributed by atoms with Crippen molar-refractivity contribution < 1.29 is 29.1 Å². The molecule has 13 heteroatoms. The highest BCUT2D eigenvalue weighted by atomic mass is 32.1. The first-order chi connectivity index (χ1) is 15.6. The molecule has 0 aliphatic rings. The molecule has 4 amide bonds. The molecular weight excluding hydrogens is 452 g/mol. The largest absolute Gasteiger partial charge is 0.480 e. The second-order valence-corrected chi connectivity index (χ2v) is 7.63. The van der Waals surface area contributed by atoms with E-state index in [-0.39, 0.29) is 12.2 Å². The van der Waals surface area contributed by atoms with Crippen LogP contribution in [0.1, 0.15) is 12.0 Å². The fraction of sp³-hybridized carbons (Fsp3) is 0.350. The van der Waals surface area contributed by atoms with Crippen LogP contribution in [0.2, 0.25) is 0 Å². The Morgan fingerprint density at radius 1 is 1.06 bits per heavy atom. The summed E-state index contributed by atoms with van der Waals surface area (Å²) in [5.74, 6) is -4.45. The Bertz CT molecular complexity index is 1040. The number of primary amides is 1. The molecule has 0 saturated heterocycles. The Labute approximate surface area is 194 Å². The van der Waals surface area contributed by atoms with Crippen molar-refractivity contribution in [2.24, 2.45) is 11.5 Å². The van der Waals surface area contributed by atoms with E-state index in [9.17, 15) is 29.1 Å². The van der Waals surface area contributed by atoms with Crippen LogP contribution >= 0.6 is 12.6 Å². The highest BCUT2D eigenvalue weighted by Crippen LogP contribution is 2.19. The van der Waals surface area contributed by atoms with Crippen molar-refractivity contribution in [1.29, 1.82) is 0 Å². The number of H-pyrrole nitrogens is 1. The van der Waals surface area contributed by atoms with Crippen molar-refractivity contribution in [3.05, 3.63) is 36.0 Å².